The summed E-state index contributed by atoms with van der Waals surface area (Å²) < 4.78 is 5.23. The maximum Gasteiger partial charge on any atom is 0.0953 e. The SMILES string of the molecule is COC1(CN)CC[N]C1. The molecule has 1 fully saturated rings. The summed E-state index contributed by atoms with van der Waals surface area (Å²) in [7, 11) is 1.70. The van der Waals surface area contributed by atoms with Gasteiger partial charge < -0.3 is 10.5 Å². The molecule has 9 heavy (non-hydrogen) atoms. The lowest BCUT2D eigenvalue weighted by atomic mass is 10.0. The van der Waals surface area contributed by atoms with Gasteiger partial charge in [-0.15, -0.1) is 0 Å². The number of hydrogen-bond donors (Lipinski definition) is 1. The first-order valence-corrected chi connectivity index (χ1v) is 3.21. The Kier molecular flexibility index (Phi) is 2.05. The van der Waals surface area contributed by atoms with Crippen LogP contribution in [0.3, 0.4) is 0 Å². The van der Waals surface area contributed by atoms with Gasteiger partial charge in [0.15, 0.2) is 0 Å². The van der Waals surface area contributed by atoms with Crippen LogP contribution in [0.25, 0.3) is 0 Å². The smallest absolute Gasteiger partial charge is 0.0953 e. The van der Waals surface area contributed by atoms with Gasteiger partial charge in [-0.05, 0) is 6.42 Å². The van der Waals surface area contributed by atoms with Crippen LogP contribution in [0.15, 0.2) is 0 Å². The predicted molar refractivity (Wildman–Crippen MR) is 35.3 cm³/mol. The van der Waals surface area contributed by atoms with Crippen molar-refractivity contribution in [3.05, 3.63) is 0 Å². The fourth-order valence-corrected chi connectivity index (χ4v) is 1.06. The quantitative estimate of drug-likeness (QED) is 0.538. The fraction of sp³-hybridized carbons (Fsp3) is 1.00. The molecule has 53 valence electrons. The Hall–Kier alpha value is -0.120. The van der Waals surface area contributed by atoms with E-state index in [-0.39, 0.29) is 5.60 Å². The molecule has 0 aliphatic carbocycles. The summed E-state index contributed by atoms with van der Waals surface area (Å²) in [5.74, 6) is 0. The summed E-state index contributed by atoms with van der Waals surface area (Å²) in [6.45, 7) is 2.28. The Bertz CT molecular complexity index is 83.1. The highest BCUT2D eigenvalue weighted by molar-refractivity contribution is 4.89. The van der Waals surface area contributed by atoms with Gasteiger partial charge in [0.25, 0.3) is 0 Å². The lowest BCUT2D eigenvalue weighted by molar-refractivity contribution is 0.0151. The Labute approximate surface area is 55.6 Å². The Morgan fingerprint density at radius 2 is 2.56 bits per heavy atom. The van der Waals surface area contributed by atoms with Crippen molar-refractivity contribution in [1.82, 2.24) is 5.32 Å². The van der Waals surface area contributed by atoms with Crippen LogP contribution in [0, 0.1) is 0 Å². The number of hydrogen-bond acceptors (Lipinski definition) is 2. The van der Waals surface area contributed by atoms with Gasteiger partial charge >= 0.3 is 0 Å². The lowest BCUT2D eigenvalue weighted by Crippen LogP contribution is -2.40. The van der Waals surface area contributed by atoms with Crippen LogP contribution in [0.2, 0.25) is 0 Å². The van der Waals surface area contributed by atoms with E-state index in [1.807, 2.05) is 0 Å². The second kappa shape index (κ2) is 2.64. The molecule has 1 radical (unpaired) electrons. The monoisotopic (exact) mass is 129 g/mol. The molecule has 1 aliphatic heterocycles. The van der Waals surface area contributed by atoms with Crippen molar-refractivity contribution in [2.75, 3.05) is 26.7 Å². The van der Waals surface area contributed by atoms with E-state index in [0.717, 1.165) is 19.5 Å². The molecule has 0 aromatic rings. The van der Waals surface area contributed by atoms with E-state index in [0.29, 0.717) is 6.54 Å². The number of ether oxygens (including phenoxy) is 1. The first kappa shape index (κ1) is 6.99. The van der Waals surface area contributed by atoms with Gasteiger partial charge in [0.05, 0.1) is 5.60 Å². The van der Waals surface area contributed by atoms with E-state index in [9.17, 15) is 0 Å². The van der Waals surface area contributed by atoms with Crippen molar-refractivity contribution in [3.8, 4) is 0 Å². The number of nitrogens with zero attached hydrogens (tertiary/aromatic N) is 1. The van der Waals surface area contributed by atoms with Gasteiger partial charge in [0, 0.05) is 26.7 Å². The molecular formula is C6H13N2O. The van der Waals surface area contributed by atoms with Gasteiger partial charge in [0.1, 0.15) is 0 Å². The van der Waals surface area contributed by atoms with Crippen molar-refractivity contribution in [1.29, 1.82) is 0 Å². The molecule has 0 bridgehead atoms. The molecule has 1 unspecified atom stereocenters. The van der Waals surface area contributed by atoms with E-state index < -0.39 is 0 Å². The second-order valence-electron chi connectivity index (χ2n) is 2.45. The molecule has 1 saturated heterocycles. The molecule has 0 amide bonds. The highest BCUT2D eigenvalue weighted by atomic mass is 16.5. The summed E-state index contributed by atoms with van der Waals surface area (Å²) in [4.78, 5) is 0. The van der Waals surface area contributed by atoms with Gasteiger partial charge in [-0.2, -0.15) is 0 Å². The normalized spacial score (nSPS) is 35.3. The molecule has 3 nitrogen and oxygen atoms in total. The zero-order valence-corrected chi connectivity index (χ0v) is 5.76. The van der Waals surface area contributed by atoms with Crippen molar-refractivity contribution < 1.29 is 4.74 Å². The van der Waals surface area contributed by atoms with Crippen LogP contribution in [0.1, 0.15) is 6.42 Å². The first-order chi connectivity index (χ1) is 4.33. The molecule has 1 atom stereocenters. The largest absolute Gasteiger partial charge is 0.375 e. The van der Waals surface area contributed by atoms with Crippen LogP contribution in [-0.2, 0) is 4.74 Å². The molecular weight excluding hydrogens is 116 g/mol. The minimum atomic E-state index is -0.111. The highest BCUT2D eigenvalue weighted by Crippen LogP contribution is 2.17. The average Bonchev–Trinajstić information content (AvgIpc) is 2.36. The molecule has 1 rings (SSSR count). The van der Waals surface area contributed by atoms with E-state index >= 15 is 0 Å². The minimum Gasteiger partial charge on any atom is -0.375 e. The molecule has 0 saturated carbocycles. The maximum atomic E-state index is 5.49. The minimum absolute atomic E-state index is 0.111. The molecule has 3 heteroatoms. The van der Waals surface area contributed by atoms with Gasteiger partial charge in [-0.3, -0.25) is 0 Å². The van der Waals surface area contributed by atoms with E-state index in [1.165, 1.54) is 0 Å². The molecule has 1 heterocycles. The van der Waals surface area contributed by atoms with Gasteiger partial charge in [-0.1, -0.05) is 0 Å². The number of rotatable bonds is 2. The molecule has 1 aliphatic rings. The Morgan fingerprint density at radius 1 is 1.78 bits per heavy atom. The first-order valence-electron chi connectivity index (χ1n) is 3.21. The van der Waals surface area contributed by atoms with Crippen molar-refractivity contribution >= 4 is 0 Å². The summed E-state index contributed by atoms with van der Waals surface area (Å²) in [5.41, 5.74) is 5.38. The van der Waals surface area contributed by atoms with E-state index in [2.05, 4.69) is 5.32 Å². The summed E-state index contributed by atoms with van der Waals surface area (Å²) in [6, 6.07) is 0. The molecule has 0 spiro atoms. The van der Waals surface area contributed by atoms with Crippen LogP contribution in [0.4, 0.5) is 0 Å². The van der Waals surface area contributed by atoms with Crippen LogP contribution >= 0.6 is 0 Å². The summed E-state index contributed by atoms with van der Waals surface area (Å²) in [6.07, 6.45) is 0.986. The van der Waals surface area contributed by atoms with Crippen molar-refractivity contribution in [2.45, 2.75) is 12.0 Å². The van der Waals surface area contributed by atoms with Gasteiger partial charge in [-0.25, -0.2) is 5.32 Å². The van der Waals surface area contributed by atoms with Crippen molar-refractivity contribution in [3.63, 3.8) is 0 Å². The zero-order valence-electron chi connectivity index (χ0n) is 5.76. The zero-order chi connectivity index (χ0) is 6.74. The third kappa shape index (κ3) is 1.23. The van der Waals surface area contributed by atoms with Crippen LogP contribution in [-0.4, -0.2) is 32.3 Å². The summed E-state index contributed by atoms with van der Waals surface area (Å²) >= 11 is 0. The third-order valence-corrected chi connectivity index (χ3v) is 1.93. The Balaban J connectivity index is 2.45. The Morgan fingerprint density at radius 3 is 2.78 bits per heavy atom. The fourth-order valence-electron chi connectivity index (χ4n) is 1.06. The van der Waals surface area contributed by atoms with Gasteiger partial charge in [0.2, 0.25) is 0 Å². The third-order valence-electron chi connectivity index (χ3n) is 1.93. The molecule has 0 aromatic carbocycles. The topological polar surface area (TPSA) is 49.4 Å². The maximum absolute atomic E-state index is 5.49. The molecule has 2 N–H and O–H groups in total. The molecule has 0 aromatic heterocycles. The predicted octanol–water partition coefficient (Wildman–Crippen LogP) is -0.662. The number of nitrogens with two attached hydrogens (primary N) is 1. The average molecular weight is 129 g/mol. The van der Waals surface area contributed by atoms with Crippen molar-refractivity contribution in [2.24, 2.45) is 5.73 Å². The highest BCUT2D eigenvalue weighted by Gasteiger charge is 2.32. The van der Waals surface area contributed by atoms with E-state index in [1.54, 1.807) is 7.11 Å². The van der Waals surface area contributed by atoms with Crippen LogP contribution in [0.5, 0.6) is 0 Å². The second-order valence-corrected chi connectivity index (χ2v) is 2.45. The van der Waals surface area contributed by atoms with E-state index in [4.69, 9.17) is 10.5 Å². The lowest BCUT2D eigenvalue weighted by Gasteiger charge is -2.23. The standard InChI is InChI=1S/C6H13N2O/c1-9-6(4-7)2-3-8-5-6/h2-5,7H2,1H3. The number of methoxy groups -OCH3 is 1. The summed E-state index contributed by atoms with van der Waals surface area (Å²) in [5, 5.41) is 4.17. The van der Waals surface area contributed by atoms with Crippen LogP contribution < -0.4 is 11.1 Å².